The molecule has 5 heteroatoms. The number of carbonyl (C=O) groups is 1. The van der Waals surface area contributed by atoms with Gasteiger partial charge in [0.2, 0.25) is 0 Å². The van der Waals surface area contributed by atoms with Crippen LogP contribution < -0.4 is 5.32 Å². The highest BCUT2D eigenvalue weighted by molar-refractivity contribution is 7.17. The van der Waals surface area contributed by atoms with Gasteiger partial charge in [0.1, 0.15) is 6.26 Å². The average molecular weight is 314 g/mol. The molecule has 1 amide bonds. The molecule has 0 saturated carbocycles. The number of likely N-dealkylation sites (N-methyl/N-ethyl adjacent to an activating group) is 1. The molecule has 0 aliphatic heterocycles. The first-order valence-electron chi connectivity index (χ1n) is 7.10. The van der Waals surface area contributed by atoms with Crippen LogP contribution in [0.4, 0.5) is 0 Å². The SMILES string of the molecule is CN(C)[C@@H](CNC(=O)c1ccoc1)c1csc2ccccc12. The van der Waals surface area contributed by atoms with Gasteiger partial charge in [-0.2, -0.15) is 0 Å². The van der Waals surface area contributed by atoms with Crippen molar-refractivity contribution >= 4 is 27.3 Å². The van der Waals surface area contributed by atoms with Gasteiger partial charge in [0.25, 0.3) is 5.91 Å². The second kappa shape index (κ2) is 6.34. The molecule has 3 rings (SSSR count). The van der Waals surface area contributed by atoms with Crippen LogP contribution in [0.3, 0.4) is 0 Å². The lowest BCUT2D eigenvalue weighted by atomic mass is 10.0. The Morgan fingerprint density at radius 1 is 1.32 bits per heavy atom. The molecule has 2 heterocycles. The first-order chi connectivity index (χ1) is 10.7. The molecule has 0 saturated heterocycles. The lowest BCUT2D eigenvalue weighted by Crippen LogP contribution is -2.34. The lowest BCUT2D eigenvalue weighted by molar-refractivity contribution is 0.0941. The average Bonchev–Trinajstić information content (AvgIpc) is 3.17. The molecule has 0 fully saturated rings. The lowest BCUT2D eigenvalue weighted by Gasteiger charge is -2.24. The zero-order valence-electron chi connectivity index (χ0n) is 12.6. The fraction of sp³-hybridized carbons (Fsp3) is 0.235. The molecule has 1 aromatic carbocycles. The number of fused-ring (bicyclic) bond motifs is 1. The standard InChI is InChI=1S/C17H18N2O2S/c1-19(2)15(9-18-17(20)12-7-8-21-10-12)14-11-22-16-6-4-3-5-13(14)16/h3-8,10-11,15H,9H2,1-2H3,(H,18,20)/t15-/m0/s1. The van der Waals surface area contributed by atoms with Crippen molar-refractivity contribution in [2.45, 2.75) is 6.04 Å². The number of rotatable bonds is 5. The Labute approximate surface area is 133 Å². The summed E-state index contributed by atoms with van der Waals surface area (Å²) in [6, 6.07) is 10.2. The molecule has 0 radical (unpaired) electrons. The number of benzene rings is 1. The molecular formula is C17H18N2O2S. The van der Waals surface area contributed by atoms with Crippen molar-refractivity contribution in [2.75, 3.05) is 20.6 Å². The van der Waals surface area contributed by atoms with Crippen molar-refractivity contribution in [3.05, 3.63) is 59.4 Å². The highest BCUT2D eigenvalue weighted by Gasteiger charge is 2.19. The first-order valence-corrected chi connectivity index (χ1v) is 7.97. The fourth-order valence-corrected chi connectivity index (χ4v) is 3.52. The van der Waals surface area contributed by atoms with E-state index in [0.717, 1.165) is 0 Å². The van der Waals surface area contributed by atoms with E-state index < -0.39 is 0 Å². The number of amides is 1. The zero-order chi connectivity index (χ0) is 15.5. The van der Waals surface area contributed by atoms with Gasteiger partial charge >= 0.3 is 0 Å². The zero-order valence-corrected chi connectivity index (χ0v) is 13.4. The van der Waals surface area contributed by atoms with Crippen LogP contribution in [-0.4, -0.2) is 31.4 Å². The van der Waals surface area contributed by atoms with Crippen molar-refractivity contribution in [3.8, 4) is 0 Å². The number of nitrogens with one attached hydrogen (secondary N) is 1. The molecule has 1 atom stereocenters. The summed E-state index contributed by atoms with van der Waals surface area (Å²) < 4.78 is 6.22. The Morgan fingerprint density at radius 2 is 2.14 bits per heavy atom. The van der Waals surface area contributed by atoms with Gasteiger partial charge in [-0.15, -0.1) is 11.3 Å². The van der Waals surface area contributed by atoms with Gasteiger partial charge in [-0.3, -0.25) is 4.79 Å². The van der Waals surface area contributed by atoms with Crippen molar-refractivity contribution in [2.24, 2.45) is 0 Å². The topological polar surface area (TPSA) is 45.5 Å². The Balaban J connectivity index is 1.80. The maximum Gasteiger partial charge on any atom is 0.254 e. The van der Waals surface area contributed by atoms with Gasteiger partial charge in [-0.25, -0.2) is 0 Å². The highest BCUT2D eigenvalue weighted by atomic mass is 32.1. The number of carbonyl (C=O) groups excluding carboxylic acids is 1. The van der Waals surface area contributed by atoms with Crippen molar-refractivity contribution in [1.82, 2.24) is 10.2 Å². The monoisotopic (exact) mass is 314 g/mol. The van der Waals surface area contributed by atoms with Crippen LogP contribution in [0.1, 0.15) is 22.0 Å². The smallest absolute Gasteiger partial charge is 0.254 e. The van der Waals surface area contributed by atoms with Gasteiger partial charge in [0.05, 0.1) is 17.9 Å². The third-order valence-corrected chi connectivity index (χ3v) is 4.71. The normalized spacial score (nSPS) is 12.7. The Morgan fingerprint density at radius 3 is 2.86 bits per heavy atom. The molecule has 0 aliphatic carbocycles. The van der Waals surface area contributed by atoms with Crippen molar-refractivity contribution in [1.29, 1.82) is 0 Å². The molecule has 0 aliphatic rings. The Bertz CT molecular complexity index is 762. The van der Waals surface area contributed by atoms with E-state index in [0.29, 0.717) is 12.1 Å². The number of hydrogen-bond acceptors (Lipinski definition) is 4. The van der Waals surface area contributed by atoms with Crippen molar-refractivity contribution < 1.29 is 9.21 Å². The van der Waals surface area contributed by atoms with Crippen LogP contribution in [-0.2, 0) is 0 Å². The predicted octanol–water partition coefficient (Wildman–Crippen LogP) is 3.53. The van der Waals surface area contributed by atoms with Gasteiger partial charge in [0, 0.05) is 11.2 Å². The summed E-state index contributed by atoms with van der Waals surface area (Å²) in [6.45, 7) is 0.553. The van der Waals surface area contributed by atoms with Gasteiger partial charge in [-0.05, 0) is 42.6 Å². The molecule has 3 aromatic rings. The van der Waals surface area contributed by atoms with Crippen LogP contribution in [0.15, 0.2) is 52.7 Å². The molecule has 0 bridgehead atoms. The van der Waals surface area contributed by atoms with Gasteiger partial charge < -0.3 is 14.6 Å². The van der Waals surface area contributed by atoms with Crippen LogP contribution in [0, 0.1) is 0 Å². The van der Waals surface area contributed by atoms with Crippen LogP contribution >= 0.6 is 11.3 Å². The van der Waals surface area contributed by atoms with E-state index in [1.165, 1.54) is 28.2 Å². The minimum atomic E-state index is -0.111. The van der Waals surface area contributed by atoms with E-state index in [1.54, 1.807) is 17.4 Å². The third kappa shape index (κ3) is 2.91. The molecule has 0 spiro atoms. The summed E-state index contributed by atoms with van der Waals surface area (Å²) >= 11 is 1.74. The Kier molecular flexibility index (Phi) is 4.27. The minimum Gasteiger partial charge on any atom is -0.472 e. The van der Waals surface area contributed by atoms with E-state index >= 15 is 0 Å². The number of furan rings is 1. The summed E-state index contributed by atoms with van der Waals surface area (Å²) in [4.78, 5) is 14.2. The number of hydrogen-bond donors (Lipinski definition) is 1. The van der Waals surface area contributed by atoms with Crippen molar-refractivity contribution in [3.63, 3.8) is 0 Å². The summed E-state index contributed by atoms with van der Waals surface area (Å²) in [5.41, 5.74) is 1.80. The van der Waals surface area contributed by atoms with E-state index in [9.17, 15) is 4.79 Å². The molecule has 1 N–H and O–H groups in total. The van der Waals surface area contributed by atoms with E-state index in [-0.39, 0.29) is 11.9 Å². The maximum absolute atomic E-state index is 12.1. The summed E-state index contributed by atoms with van der Waals surface area (Å²) in [5.74, 6) is -0.111. The Hall–Kier alpha value is -2.11. The third-order valence-electron chi connectivity index (χ3n) is 3.73. The minimum absolute atomic E-state index is 0.111. The molecule has 4 nitrogen and oxygen atoms in total. The second-order valence-corrected chi connectivity index (χ2v) is 6.30. The van der Waals surface area contributed by atoms with E-state index in [1.807, 2.05) is 20.2 Å². The summed E-state index contributed by atoms with van der Waals surface area (Å²) in [6.07, 6.45) is 2.96. The van der Waals surface area contributed by atoms with E-state index in [4.69, 9.17) is 4.42 Å². The summed E-state index contributed by atoms with van der Waals surface area (Å²) in [7, 11) is 4.06. The van der Waals surface area contributed by atoms with Gasteiger partial charge in [0.15, 0.2) is 0 Å². The van der Waals surface area contributed by atoms with Crippen LogP contribution in [0.25, 0.3) is 10.1 Å². The van der Waals surface area contributed by atoms with Crippen LogP contribution in [0.5, 0.6) is 0 Å². The van der Waals surface area contributed by atoms with Gasteiger partial charge in [-0.1, -0.05) is 18.2 Å². The fourth-order valence-electron chi connectivity index (χ4n) is 2.51. The molecule has 114 valence electrons. The first kappa shape index (κ1) is 14.8. The largest absolute Gasteiger partial charge is 0.472 e. The predicted molar refractivity (Wildman–Crippen MR) is 89.3 cm³/mol. The second-order valence-electron chi connectivity index (χ2n) is 5.39. The van der Waals surface area contributed by atoms with Crippen LogP contribution in [0.2, 0.25) is 0 Å². The quantitative estimate of drug-likeness (QED) is 0.783. The molecule has 22 heavy (non-hydrogen) atoms. The van der Waals surface area contributed by atoms with E-state index in [2.05, 4.69) is 33.8 Å². The molecule has 2 aromatic heterocycles. The summed E-state index contributed by atoms with van der Waals surface area (Å²) in [5, 5.41) is 6.42. The molecule has 0 unspecified atom stereocenters. The number of nitrogens with zero attached hydrogens (tertiary/aromatic N) is 1. The molecular weight excluding hydrogens is 296 g/mol. The highest BCUT2D eigenvalue weighted by Crippen LogP contribution is 2.31. The maximum atomic E-state index is 12.1. The number of thiophene rings is 1.